The first-order valence-corrected chi connectivity index (χ1v) is 7.32. The van der Waals surface area contributed by atoms with Crippen molar-refractivity contribution in [3.05, 3.63) is 63.6 Å². The molecular weight excluding hydrogens is 340 g/mol. The van der Waals surface area contributed by atoms with E-state index in [1.54, 1.807) is 6.07 Å². The molecule has 0 saturated carbocycles. The number of carbonyl (C=O) groups is 1. The number of nitrogens with one attached hydrogen (secondary N) is 2. The van der Waals surface area contributed by atoms with Crippen molar-refractivity contribution in [1.82, 2.24) is 5.32 Å². The average molecular weight is 354 g/mol. The minimum atomic E-state index is -0.0621. The maximum absolute atomic E-state index is 11.7. The molecule has 20 heavy (non-hydrogen) atoms. The fourth-order valence-corrected chi connectivity index (χ4v) is 2.07. The molecule has 0 fully saturated rings. The van der Waals surface area contributed by atoms with Crippen LogP contribution in [0.4, 0.5) is 5.69 Å². The molecule has 0 aromatic heterocycles. The monoisotopic (exact) mass is 352 g/mol. The Morgan fingerprint density at radius 2 is 1.90 bits per heavy atom. The maximum atomic E-state index is 11.7. The molecule has 5 heteroatoms. The van der Waals surface area contributed by atoms with Gasteiger partial charge in [0, 0.05) is 16.7 Å². The van der Waals surface area contributed by atoms with E-state index >= 15 is 0 Å². The molecule has 3 nitrogen and oxygen atoms in total. The molecule has 0 spiro atoms. The van der Waals surface area contributed by atoms with Crippen LogP contribution in [0.3, 0.4) is 0 Å². The molecule has 2 aromatic rings. The normalized spacial score (nSPS) is 10.1. The predicted octanol–water partition coefficient (Wildman–Crippen LogP) is 3.83. The van der Waals surface area contributed by atoms with Crippen molar-refractivity contribution in [2.45, 2.75) is 6.54 Å². The van der Waals surface area contributed by atoms with Gasteiger partial charge in [0.1, 0.15) is 0 Å². The Morgan fingerprint density at radius 3 is 2.60 bits per heavy atom. The summed E-state index contributed by atoms with van der Waals surface area (Å²) in [6, 6.07) is 15.3. The number of benzene rings is 2. The summed E-state index contributed by atoms with van der Waals surface area (Å²) in [6.07, 6.45) is 0. The Bertz CT molecular complexity index is 590. The van der Waals surface area contributed by atoms with E-state index in [1.165, 1.54) is 0 Å². The first-order valence-electron chi connectivity index (χ1n) is 6.15. The summed E-state index contributed by atoms with van der Waals surface area (Å²) < 4.78 is 0.832. The molecule has 0 radical (unpaired) electrons. The van der Waals surface area contributed by atoms with Crippen LogP contribution in [0.2, 0.25) is 5.02 Å². The van der Waals surface area contributed by atoms with Gasteiger partial charge in [-0.15, -0.1) is 0 Å². The molecule has 0 heterocycles. The summed E-state index contributed by atoms with van der Waals surface area (Å²) in [5.41, 5.74) is 1.89. The second-order valence-corrected chi connectivity index (χ2v) is 5.51. The quantitative estimate of drug-likeness (QED) is 0.857. The van der Waals surface area contributed by atoms with Gasteiger partial charge < -0.3 is 10.6 Å². The standard InChI is InChI=1S/C15H14BrClN2O/c16-13-7-6-12(8-14(13)17)18-10-15(20)19-9-11-4-2-1-3-5-11/h1-8,18H,9-10H2,(H,19,20). The van der Waals surface area contributed by atoms with Crippen LogP contribution in [0, 0.1) is 0 Å². The van der Waals surface area contributed by atoms with E-state index in [4.69, 9.17) is 11.6 Å². The summed E-state index contributed by atoms with van der Waals surface area (Å²) in [4.78, 5) is 11.7. The molecule has 2 rings (SSSR count). The van der Waals surface area contributed by atoms with Crippen LogP contribution in [0.1, 0.15) is 5.56 Å². The summed E-state index contributed by atoms with van der Waals surface area (Å²) >= 11 is 9.30. The number of anilines is 1. The van der Waals surface area contributed by atoms with E-state index in [0.717, 1.165) is 15.7 Å². The summed E-state index contributed by atoms with van der Waals surface area (Å²) in [7, 11) is 0. The van der Waals surface area contributed by atoms with Crippen LogP contribution in [0.5, 0.6) is 0 Å². The van der Waals surface area contributed by atoms with Crippen molar-refractivity contribution in [3.63, 3.8) is 0 Å². The molecular formula is C15H14BrClN2O. The third kappa shape index (κ3) is 4.54. The molecule has 1 amide bonds. The van der Waals surface area contributed by atoms with E-state index < -0.39 is 0 Å². The van der Waals surface area contributed by atoms with Crippen LogP contribution >= 0.6 is 27.5 Å². The maximum Gasteiger partial charge on any atom is 0.239 e. The van der Waals surface area contributed by atoms with Gasteiger partial charge in [0.25, 0.3) is 0 Å². The predicted molar refractivity (Wildman–Crippen MR) is 85.9 cm³/mol. The lowest BCUT2D eigenvalue weighted by Crippen LogP contribution is -2.29. The van der Waals surface area contributed by atoms with Crippen molar-refractivity contribution in [1.29, 1.82) is 0 Å². The van der Waals surface area contributed by atoms with E-state index in [-0.39, 0.29) is 12.5 Å². The van der Waals surface area contributed by atoms with Crippen LogP contribution < -0.4 is 10.6 Å². The first kappa shape index (κ1) is 14.9. The SMILES string of the molecule is O=C(CNc1ccc(Br)c(Cl)c1)NCc1ccccc1. The van der Waals surface area contributed by atoms with E-state index in [1.807, 2.05) is 42.5 Å². The molecule has 0 saturated heterocycles. The van der Waals surface area contributed by atoms with Crippen molar-refractivity contribution in [2.24, 2.45) is 0 Å². The van der Waals surface area contributed by atoms with Gasteiger partial charge in [-0.1, -0.05) is 41.9 Å². The Morgan fingerprint density at radius 1 is 1.15 bits per heavy atom. The third-order valence-corrected chi connectivity index (χ3v) is 3.94. The Kier molecular flexibility index (Phi) is 5.44. The van der Waals surface area contributed by atoms with Crippen LogP contribution in [-0.4, -0.2) is 12.5 Å². The number of hydrogen-bond acceptors (Lipinski definition) is 2. The summed E-state index contributed by atoms with van der Waals surface area (Å²) in [5, 5.41) is 6.49. The van der Waals surface area contributed by atoms with Gasteiger partial charge in [-0.25, -0.2) is 0 Å². The van der Waals surface area contributed by atoms with Gasteiger partial charge in [0.05, 0.1) is 11.6 Å². The molecule has 0 aliphatic heterocycles. The van der Waals surface area contributed by atoms with E-state index in [0.29, 0.717) is 11.6 Å². The Labute approximate surface area is 131 Å². The lowest BCUT2D eigenvalue weighted by molar-refractivity contribution is -0.119. The molecule has 0 atom stereocenters. The van der Waals surface area contributed by atoms with Crippen molar-refractivity contribution >= 4 is 39.1 Å². The fourth-order valence-electron chi connectivity index (χ4n) is 1.65. The summed E-state index contributed by atoms with van der Waals surface area (Å²) in [5.74, 6) is -0.0621. The van der Waals surface area contributed by atoms with Gasteiger partial charge in [0.15, 0.2) is 0 Å². The molecule has 0 bridgehead atoms. The van der Waals surface area contributed by atoms with Gasteiger partial charge in [-0.2, -0.15) is 0 Å². The number of carbonyl (C=O) groups excluding carboxylic acids is 1. The summed E-state index contributed by atoms with van der Waals surface area (Å²) in [6.45, 7) is 0.743. The van der Waals surface area contributed by atoms with Crippen LogP contribution in [0.25, 0.3) is 0 Å². The minimum absolute atomic E-state index is 0.0621. The lowest BCUT2D eigenvalue weighted by Gasteiger charge is -2.08. The fraction of sp³-hybridized carbons (Fsp3) is 0.133. The molecule has 104 valence electrons. The smallest absolute Gasteiger partial charge is 0.239 e. The van der Waals surface area contributed by atoms with E-state index in [9.17, 15) is 4.79 Å². The largest absolute Gasteiger partial charge is 0.376 e. The second-order valence-electron chi connectivity index (χ2n) is 4.24. The van der Waals surface area contributed by atoms with Crippen molar-refractivity contribution < 1.29 is 4.79 Å². The molecule has 2 N–H and O–H groups in total. The van der Waals surface area contributed by atoms with Gasteiger partial charge in [-0.05, 0) is 39.7 Å². The number of amides is 1. The number of rotatable bonds is 5. The number of hydrogen-bond donors (Lipinski definition) is 2. The zero-order valence-corrected chi connectivity index (χ0v) is 13.0. The zero-order valence-electron chi connectivity index (χ0n) is 10.7. The zero-order chi connectivity index (χ0) is 14.4. The highest BCUT2D eigenvalue weighted by Crippen LogP contribution is 2.25. The lowest BCUT2D eigenvalue weighted by atomic mass is 10.2. The molecule has 0 aliphatic rings. The molecule has 2 aromatic carbocycles. The number of halogens is 2. The highest BCUT2D eigenvalue weighted by molar-refractivity contribution is 9.10. The van der Waals surface area contributed by atoms with Crippen LogP contribution in [-0.2, 0) is 11.3 Å². The first-order chi connectivity index (χ1) is 9.65. The Balaban J connectivity index is 1.79. The van der Waals surface area contributed by atoms with Crippen molar-refractivity contribution in [3.8, 4) is 0 Å². The average Bonchev–Trinajstić information content (AvgIpc) is 2.47. The minimum Gasteiger partial charge on any atom is -0.376 e. The highest BCUT2D eigenvalue weighted by Gasteiger charge is 2.03. The van der Waals surface area contributed by atoms with Gasteiger partial charge in [-0.3, -0.25) is 4.79 Å². The third-order valence-electron chi connectivity index (χ3n) is 2.71. The topological polar surface area (TPSA) is 41.1 Å². The van der Waals surface area contributed by atoms with Crippen molar-refractivity contribution in [2.75, 3.05) is 11.9 Å². The van der Waals surface area contributed by atoms with Gasteiger partial charge >= 0.3 is 0 Å². The van der Waals surface area contributed by atoms with Gasteiger partial charge in [0.2, 0.25) is 5.91 Å². The molecule has 0 aliphatic carbocycles. The molecule has 0 unspecified atom stereocenters. The Hall–Kier alpha value is -1.52. The van der Waals surface area contributed by atoms with Crippen LogP contribution in [0.15, 0.2) is 53.0 Å². The van der Waals surface area contributed by atoms with E-state index in [2.05, 4.69) is 26.6 Å². The highest BCUT2D eigenvalue weighted by atomic mass is 79.9. The second kappa shape index (κ2) is 7.31.